The van der Waals surface area contributed by atoms with Crippen LogP contribution in [0, 0.1) is 16.7 Å². The molecule has 2 nitrogen and oxygen atoms in total. The number of benzene rings is 1. The highest BCUT2D eigenvalue weighted by atomic mass is 14.9. The van der Waals surface area contributed by atoms with Crippen molar-refractivity contribution in [3.8, 4) is 6.07 Å². The molecule has 0 heterocycles. The smallest absolute Gasteiger partial charge is 0.0703 e. The van der Waals surface area contributed by atoms with Crippen molar-refractivity contribution in [2.45, 2.75) is 38.5 Å². The van der Waals surface area contributed by atoms with Crippen molar-refractivity contribution in [2.24, 2.45) is 5.41 Å². The zero-order chi connectivity index (χ0) is 13.1. The molecular weight excluding hydrogens is 220 g/mol. The van der Waals surface area contributed by atoms with E-state index < -0.39 is 0 Å². The van der Waals surface area contributed by atoms with Crippen LogP contribution in [0.4, 0.5) is 0 Å². The second-order valence-electron chi connectivity index (χ2n) is 6.10. The maximum atomic E-state index is 9.19. The molecule has 1 aromatic rings. The molecule has 0 atom stereocenters. The van der Waals surface area contributed by atoms with Gasteiger partial charge in [0.05, 0.1) is 11.5 Å². The van der Waals surface area contributed by atoms with E-state index >= 15 is 0 Å². The molecule has 0 saturated heterocycles. The van der Waals surface area contributed by atoms with Crippen LogP contribution in [0.5, 0.6) is 0 Å². The fourth-order valence-electron chi connectivity index (χ4n) is 2.54. The first kappa shape index (κ1) is 13.1. The van der Waals surface area contributed by atoms with Gasteiger partial charge in [-0.3, -0.25) is 0 Å². The number of nitriles is 1. The number of nitrogens with one attached hydrogen (secondary N) is 1. The number of hydrogen-bond acceptors (Lipinski definition) is 2. The van der Waals surface area contributed by atoms with Gasteiger partial charge in [-0.15, -0.1) is 0 Å². The summed E-state index contributed by atoms with van der Waals surface area (Å²) in [5.41, 5.74) is 1.38. The molecule has 2 heteroatoms. The van der Waals surface area contributed by atoms with E-state index in [9.17, 15) is 5.26 Å². The molecule has 1 aliphatic rings. The van der Waals surface area contributed by atoms with Crippen molar-refractivity contribution in [1.29, 1.82) is 5.26 Å². The van der Waals surface area contributed by atoms with Gasteiger partial charge in [0.2, 0.25) is 0 Å². The maximum absolute atomic E-state index is 9.19. The van der Waals surface area contributed by atoms with E-state index in [-0.39, 0.29) is 10.8 Å². The van der Waals surface area contributed by atoms with E-state index in [1.807, 2.05) is 6.07 Å². The van der Waals surface area contributed by atoms with Crippen LogP contribution >= 0.6 is 0 Å². The van der Waals surface area contributed by atoms with Crippen LogP contribution in [0.1, 0.15) is 38.7 Å². The summed E-state index contributed by atoms with van der Waals surface area (Å²) < 4.78 is 0. The lowest BCUT2D eigenvalue weighted by atomic mass is 9.70. The van der Waals surface area contributed by atoms with Crippen molar-refractivity contribution in [3.63, 3.8) is 0 Å². The summed E-state index contributed by atoms with van der Waals surface area (Å²) in [5.74, 6) is 0. The Hall–Kier alpha value is -1.33. The zero-order valence-corrected chi connectivity index (χ0v) is 11.4. The van der Waals surface area contributed by atoms with Crippen molar-refractivity contribution in [3.05, 3.63) is 35.9 Å². The highest BCUT2D eigenvalue weighted by Crippen LogP contribution is 2.39. The second kappa shape index (κ2) is 5.12. The fraction of sp³-hybridized carbons (Fsp3) is 0.562. The average molecular weight is 242 g/mol. The van der Waals surface area contributed by atoms with E-state index in [2.05, 4.69) is 49.5 Å². The van der Waals surface area contributed by atoms with Gasteiger partial charge in [-0.2, -0.15) is 5.26 Å². The summed E-state index contributed by atoms with van der Waals surface area (Å²) in [6.07, 6.45) is 3.32. The molecule has 1 aromatic carbocycles. The Kier molecular flexibility index (Phi) is 3.73. The summed E-state index contributed by atoms with van der Waals surface area (Å²) in [4.78, 5) is 0. The van der Waals surface area contributed by atoms with Crippen LogP contribution in [-0.4, -0.2) is 13.1 Å². The monoisotopic (exact) mass is 242 g/mol. The van der Waals surface area contributed by atoms with E-state index in [4.69, 9.17) is 0 Å². The molecule has 0 amide bonds. The minimum absolute atomic E-state index is 0.0766. The van der Waals surface area contributed by atoms with Crippen molar-refractivity contribution in [1.82, 2.24) is 5.32 Å². The van der Waals surface area contributed by atoms with Crippen LogP contribution in [0.2, 0.25) is 0 Å². The third kappa shape index (κ3) is 2.73. The Balaban J connectivity index is 1.88. The lowest BCUT2D eigenvalue weighted by Gasteiger charge is -2.36. The fourth-order valence-corrected chi connectivity index (χ4v) is 2.54. The van der Waals surface area contributed by atoms with Crippen LogP contribution < -0.4 is 5.32 Å². The van der Waals surface area contributed by atoms with Gasteiger partial charge in [0.1, 0.15) is 0 Å². The zero-order valence-electron chi connectivity index (χ0n) is 11.4. The molecule has 1 saturated carbocycles. The maximum Gasteiger partial charge on any atom is 0.0703 e. The lowest BCUT2D eigenvalue weighted by molar-refractivity contribution is 0.203. The molecule has 0 aliphatic heterocycles. The third-order valence-electron chi connectivity index (χ3n) is 4.13. The van der Waals surface area contributed by atoms with E-state index in [1.54, 1.807) is 0 Å². The number of nitrogens with zero attached hydrogens (tertiary/aromatic N) is 1. The summed E-state index contributed by atoms with van der Waals surface area (Å²) in [5, 5.41) is 12.7. The molecule has 2 rings (SSSR count). The molecule has 0 spiro atoms. The predicted octanol–water partition coefficient (Wildman–Crippen LogP) is 3.25. The normalized spacial score (nSPS) is 17.8. The van der Waals surface area contributed by atoms with Crippen molar-refractivity contribution in [2.75, 3.05) is 13.1 Å². The Morgan fingerprint density at radius 3 is 2.44 bits per heavy atom. The Labute approximate surface area is 110 Å². The van der Waals surface area contributed by atoms with Crippen molar-refractivity contribution >= 4 is 0 Å². The lowest BCUT2D eigenvalue weighted by Crippen LogP contribution is -2.43. The van der Waals surface area contributed by atoms with Gasteiger partial charge in [0.15, 0.2) is 0 Å². The van der Waals surface area contributed by atoms with Crippen LogP contribution in [0.25, 0.3) is 0 Å². The van der Waals surface area contributed by atoms with E-state index in [1.165, 1.54) is 12.0 Å². The van der Waals surface area contributed by atoms with Gasteiger partial charge < -0.3 is 5.32 Å². The first-order valence-corrected chi connectivity index (χ1v) is 6.76. The number of rotatable bonds is 5. The van der Waals surface area contributed by atoms with Gasteiger partial charge in [-0.1, -0.05) is 50.6 Å². The Morgan fingerprint density at radius 2 is 1.94 bits per heavy atom. The first-order valence-electron chi connectivity index (χ1n) is 6.76. The summed E-state index contributed by atoms with van der Waals surface area (Å²) in [6.45, 7) is 6.24. The highest BCUT2D eigenvalue weighted by molar-refractivity contribution is 5.24. The molecule has 1 aliphatic carbocycles. The standard InChI is InChI=1S/C16H22N2/c1-15(2,14-7-4-3-5-8-14)12-18-13-16(11-17)9-6-10-16/h3-5,7-8,18H,6,9-10,12-13H2,1-2H3. The summed E-state index contributed by atoms with van der Waals surface area (Å²) in [6, 6.07) is 13.0. The summed E-state index contributed by atoms with van der Waals surface area (Å²) >= 11 is 0. The molecule has 0 unspecified atom stereocenters. The highest BCUT2D eigenvalue weighted by Gasteiger charge is 2.37. The van der Waals surface area contributed by atoms with Crippen molar-refractivity contribution < 1.29 is 0 Å². The average Bonchev–Trinajstić information content (AvgIpc) is 2.34. The van der Waals surface area contributed by atoms with Gasteiger partial charge in [-0.05, 0) is 18.4 Å². The largest absolute Gasteiger partial charge is 0.314 e. The quantitative estimate of drug-likeness (QED) is 0.860. The van der Waals surface area contributed by atoms with E-state index in [0.717, 1.165) is 25.9 Å². The van der Waals surface area contributed by atoms with Gasteiger partial charge in [0, 0.05) is 18.5 Å². The molecule has 0 aromatic heterocycles. The Bertz CT molecular complexity index is 424. The first-order chi connectivity index (χ1) is 8.58. The van der Waals surface area contributed by atoms with E-state index in [0.29, 0.717) is 0 Å². The van der Waals surface area contributed by atoms with Gasteiger partial charge >= 0.3 is 0 Å². The third-order valence-corrected chi connectivity index (χ3v) is 4.13. The van der Waals surface area contributed by atoms with Crippen LogP contribution in [-0.2, 0) is 5.41 Å². The number of hydrogen-bond donors (Lipinski definition) is 1. The molecule has 18 heavy (non-hydrogen) atoms. The minimum atomic E-state index is -0.0766. The minimum Gasteiger partial charge on any atom is -0.314 e. The topological polar surface area (TPSA) is 35.8 Å². The predicted molar refractivity (Wildman–Crippen MR) is 74.2 cm³/mol. The molecule has 1 fully saturated rings. The molecular formula is C16H22N2. The summed E-state index contributed by atoms with van der Waals surface area (Å²) in [7, 11) is 0. The second-order valence-corrected chi connectivity index (χ2v) is 6.10. The van der Waals surface area contributed by atoms with Gasteiger partial charge in [-0.25, -0.2) is 0 Å². The van der Waals surface area contributed by atoms with Crippen LogP contribution in [0.15, 0.2) is 30.3 Å². The molecule has 96 valence electrons. The van der Waals surface area contributed by atoms with Crippen LogP contribution in [0.3, 0.4) is 0 Å². The Morgan fingerprint density at radius 1 is 1.28 bits per heavy atom. The van der Waals surface area contributed by atoms with Gasteiger partial charge in [0.25, 0.3) is 0 Å². The SMILES string of the molecule is CC(C)(CNCC1(C#N)CCC1)c1ccccc1. The molecule has 0 radical (unpaired) electrons. The molecule has 0 bridgehead atoms. The molecule has 1 N–H and O–H groups in total.